The average Bonchev–Trinajstić information content (AvgIpc) is 3.00. The number of nitrogens with one attached hydrogen (secondary N) is 1. The van der Waals surface area contributed by atoms with Gasteiger partial charge < -0.3 is 5.32 Å². The summed E-state index contributed by atoms with van der Waals surface area (Å²) in [5.41, 5.74) is 5.31. The summed E-state index contributed by atoms with van der Waals surface area (Å²) in [5, 5.41) is 4.10. The summed E-state index contributed by atoms with van der Waals surface area (Å²) in [7, 11) is 1.38. The van der Waals surface area contributed by atoms with Crippen LogP contribution in [-0.2, 0) is 14.5 Å². The molecule has 6 nitrogen and oxygen atoms in total. The van der Waals surface area contributed by atoms with Crippen molar-refractivity contribution in [2.24, 2.45) is 0 Å². The Morgan fingerprint density at radius 2 is 1.17 bits per heavy atom. The fourth-order valence-corrected chi connectivity index (χ4v) is 5.21. The number of hydrogen-bond acceptors (Lipinski definition) is 4. The minimum Gasteiger partial charge on any atom is -0.325 e. The Bertz CT molecular complexity index is 1370. The normalized spacial score (nSPS) is 12.0. The van der Waals surface area contributed by atoms with E-state index < -0.39 is 12.0 Å². The Balaban J connectivity index is 1.74. The molecular formula is C36H40N2O4. The quantitative estimate of drug-likeness (QED) is 0.177. The zero-order valence-corrected chi connectivity index (χ0v) is 25.0. The van der Waals surface area contributed by atoms with Gasteiger partial charge in [-0.05, 0) is 46.2 Å². The van der Waals surface area contributed by atoms with Crippen molar-refractivity contribution in [2.45, 2.75) is 58.0 Å². The maximum absolute atomic E-state index is 13.9. The van der Waals surface area contributed by atoms with E-state index in [1.165, 1.54) is 7.11 Å². The van der Waals surface area contributed by atoms with Crippen LogP contribution in [0.5, 0.6) is 0 Å². The molecule has 218 valence electrons. The first kappa shape index (κ1) is 30.7. The van der Waals surface area contributed by atoms with E-state index in [1.807, 2.05) is 72.8 Å². The van der Waals surface area contributed by atoms with Crippen molar-refractivity contribution in [3.63, 3.8) is 0 Å². The predicted molar refractivity (Wildman–Crippen MR) is 167 cm³/mol. The van der Waals surface area contributed by atoms with Crippen LogP contribution in [0.15, 0.2) is 109 Å². The minimum absolute atomic E-state index is 0.0274. The molecule has 4 aromatic rings. The maximum Gasteiger partial charge on any atom is 0.303 e. The Morgan fingerprint density at radius 3 is 1.62 bits per heavy atom. The topological polar surface area (TPSA) is 67.9 Å². The summed E-state index contributed by atoms with van der Waals surface area (Å²) in [6.45, 7) is 8.47. The van der Waals surface area contributed by atoms with Crippen molar-refractivity contribution < 1.29 is 19.3 Å². The van der Waals surface area contributed by atoms with E-state index in [0.29, 0.717) is 5.56 Å². The van der Waals surface area contributed by atoms with Gasteiger partial charge in [0.05, 0.1) is 13.5 Å². The Hall–Kier alpha value is -4.26. The van der Waals surface area contributed by atoms with E-state index in [0.717, 1.165) is 33.2 Å². The van der Waals surface area contributed by atoms with Gasteiger partial charge >= 0.3 is 5.91 Å². The molecular weight excluding hydrogens is 524 g/mol. The van der Waals surface area contributed by atoms with E-state index in [1.54, 1.807) is 24.3 Å². The molecule has 4 aromatic carbocycles. The molecule has 0 bridgehead atoms. The number of carbonyl (C=O) groups is 2. The van der Waals surface area contributed by atoms with Gasteiger partial charge in [-0.2, -0.15) is 0 Å². The summed E-state index contributed by atoms with van der Waals surface area (Å²) >= 11 is 0. The van der Waals surface area contributed by atoms with E-state index in [4.69, 9.17) is 9.68 Å². The van der Waals surface area contributed by atoms with Crippen molar-refractivity contribution in [1.29, 1.82) is 0 Å². The van der Waals surface area contributed by atoms with Crippen LogP contribution in [0.1, 0.15) is 84.5 Å². The Labute approximate surface area is 249 Å². The SMILES string of the molecule is CON(OC(CC(=O)Nc1c(C(C)C)cccc1C(C)C)C(c1ccccc1)c1ccccc1)C(=O)c1ccccc1. The molecule has 6 heteroatoms. The number of rotatable bonds is 12. The van der Waals surface area contributed by atoms with Crippen molar-refractivity contribution in [3.8, 4) is 0 Å². The van der Waals surface area contributed by atoms with Gasteiger partial charge in [0.2, 0.25) is 5.91 Å². The molecule has 1 N–H and O–H groups in total. The van der Waals surface area contributed by atoms with Gasteiger partial charge in [-0.3, -0.25) is 9.59 Å². The predicted octanol–water partition coefficient (Wildman–Crippen LogP) is 8.10. The average molecular weight is 565 g/mol. The number of nitrogens with zero attached hydrogens (tertiary/aromatic N) is 1. The summed E-state index contributed by atoms with van der Waals surface area (Å²) < 4.78 is 0. The highest BCUT2D eigenvalue weighted by Gasteiger charge is 2.33. The molecule has 0 saturated heterocycles. The standard InChI is InChI=1S/C36H40N2O4/c1-25(2)30-22-15-23-31(26(3)4)35(30)37-33(39)24-32(42-38(41-5)36(40)29-20-13-8-14-21-29)34(27-16-9-6-10-17-27)28-18-11-7-12-19-28/h6-23,25-26,32,34H,24H2,1-5H3,(H,37,39). The van der Waals surface area contributed by atoms with E-state index in [-0.39, 0.29) is 30.1 Å². The molecule has 4 rings (SSSR count). The number of anilines is 1. The number of para-hydroxylation sites is 1. The fraction of sp³-hybridized carbons (Fsp3) is 0.278. The van der Waals surface area contributed by atoms with Gasteiger partial charge in [0.1, 0.15) is 6.10 Å². The summed E-state index contributed by atoms with van der Waals surface area (Å²) in [6.07, 6.45) is -0.809. The summed E-state index contributed by atoms with van der Waals surface area (Å²) in [4.78, 5) is 39.1. The van der Waals surface area contributed by atoms with Crippen LogP contribution in [0.3, 0.4) is 0 Å². The molecule has 2 amide bonds. The number of carbonyl (C=O) groups excluding carboxylic acids is 2. The van der Waals surface area contributed by atoms with Gasteiger partial charge in [-0.25, -0.2) is 9.68 Å². The summed E-state index contributed by atoms with van der Waals surface area (Å²) in [6, 6.07) is 34.7. The fourth-order valence-electron chi connectivity index (χ4n) is 5.21. The molecule has 0 aliphatic heterocycles. The first-order valence-electron chi connectivity index (χ1n) is 14.4. The third-order valence-electron chi connectivity index (χ3n) is 7.30. The van der Waals surface area contributed by atoms with Crippen LogP contribution in [0, 0.1) is 0 Å². The van der Waals surface area contributed by atoms with Gasteiger partial charge in [0, 0.05) is 17.2 Å². The van der Waals surface area contributed by atoms with Crippen LogP contribution in [0.2, 0.25) is 0 Å². The van der Waals surface area contributed by atoms with Gasteiger partial charge in [0.15, 0.2) is 0 Å². The zero-order chi connectivity index (χ0) is 30.1. The molecule has 0 aliphatic carbocycles. The van der Waals surface area contributed by atoms with Crippen molar-refractivity contribution in [2.75, 3.05) is 12.4 Å². The number of benzene rings is 4. The van der Waals surface area contributed by atoms with Crippen molar-refractivity contribution in [3.05, 3.63) is 137 Å². The van der Waals surface area contributed by atoms with Crippen molar-refractivity contribution >= 4 is 17.5 Å². The Kier molecular flexibility index (Phi) is 10.7. The molecule has 0 spiro atoms. The first-order chi connectivity index (χ1) is 20.3. The van der Waals surface area contributed by atoms with Crippen molar-refractivity contribution in [1.82, 2.24) is 5.23 Å². The summed E-state index contributed by atoms with van der Waals surface area (Å²) in [5.74, 6) is -0.602. The van der Waals surface area contributed by atoms with E-state index >= 15 is 0 Å². The van der Waals surface area contributed by atoms with E-state index in [2.05, 4.69) is 45.1 Å². The van der Waals surface area contributed by atoms with Gasteiger partial charge in [-0.1, -0.05) is 130 Å². The number of hydroxylamine groups is 2. The van der Waals surface area contributed by atoms with Crippen LogP contribution in [0.4, 0.5) is 5.69 Å². The largest absolute Gasteiger partial charge is 0.325 e. The number of amides is 2. The highest BCUT2D eigenvalue weighted by molar-refractivity contribution is 5.94. The maximum atomic E-state index is 13.9. The minimum atomic E-state index is -0.781. The number of hydrogen-bond donors (Lipinski definition) is 1. The van der Waals surface area contributed by atoms with Crippen LogP contribution in [-0.4, -0.2) is 30.3 Å². The second-order valence-corrected chi connectivity index (χ2v) is 10.9. The molecule has 1 atom stereocenters. The lowest BCUT2D eigenvalue weighted by atomic mass is 9.85. The second-order valence-electron chi connectivity index (χ2n) is 10.9. The van der Waals surface area contributed by atoms with E-state index in [9.17, 15) is 9.59 Å². The zero-order valence-electron chi connectivity index (χ0n) is 25.0. The smallest absolute Gasteiger partial charge is 0.303 e. The molecule has 0 saturated carbocycles. The molecule has 1 unspecified atom stereocenters. The lowest BCUT2D eigenvalue weighted by Gasteiger charge is -2.31. The lowest BCUT2D eigenvalue weighted by Crippen LogP contribution is -2.39. The van der Waals surface area contributed by atoms with Crippen LogP contribution >= 0.6 is 0 Å². The monoisotopic (exact) mass is 564 g/mol. The first-order valence-corrected chi connectivity index (χ1v) is 14.4. The Morgan fingerprint density at radius 1 is 0.690 bits per heavy atom. The highest BCUT2D eigenvalue weighted by Crippen LogP contribution is 2.35. The molecule has 0 radical (unpaired) electrons. The molecule has 42 heavy (non-hydrogen) atoms. The molecule has 0 fully saturated rings. The molecule has 0 aliphatic rings. The van der Waals surface area contributed by atoms with Crippen LogP contribution < -0.4 is 5.32 Å². The second kappa shape index (κ2) is 14.6. The van der Waals surface area contributed by atoms with Gasteiger partial charge in [-0.15, -0.1) is 0 Å². The molecule has 0 heterocycles. The van der Waals surface area contributed by atoms with Gasteiger partial charge in [0.25, 0.3) is 0 Å². The lowest BCUT2D eigenvalue weighted by molar-refractivity contribution is -0.335. The highest BCUT2D eigenvalue weighted by atomic mass is 17.0. The third kappa shape index (κ3) is 7.52. The van der Waals surface area contributed by atoms with Crippen LogP contribution in [0.25, 0.3) is 0 Å². The molecule has 0 aromatic heterocycles. The third-order valence-corrected chi connectivity index (χ3v) is 7.30.